The highest BCUT2D eigenvalue weighted by Gasteiger charge is 2.15. The summed E-state index contributed by atoms with van der Waals surface area (Å²) in [6, 6.07) is 11.3. The second-order valence-corrected chi connectivity index (χ2v) is 5.79. The Bertz CT molecular complexity index is 790. The molecule has 0 spiro atoms. The van der Waals surface area contributed by atoms with Crippen molar-refractivity contribution in [3.05, 3.63) is 59.9 Å². The van der Waals surface area contributed by atoms with Gasteiger partial charge in [-0.2, -0.15) is 0 Å². The maximum atomic E-state index is 12.9. The van der Waals surface area contributed by atoms with Gasteiger partial charge in [-0.1, -0.05) is 24.0 Å². The number of sulfonamides is 1. The molecule has 2 rings (SSSR count). The van der Waals surface area contributed by atoms with E-state index in [0.29, 0.717) is 11.3 Å². The van der Waals surface area contributed by atoms with Crippen molar-refractivity contribution in [1.82, 2.24) is 0 Å². The fraction of sp³-hybridized carbons (Fsp3) is 0.0667. The molecule has 0 aliphatic carbocycles. The predicted molar refractivity (Wildman–Crippen MR) is 79.6 cm³/mol. The molecule has 0 radical (unpaired) electrons. The zero-order valence-electron chi connectivity index (χ0n) is 11.0. The summed E-state index contributed by atoms with van der Waals surface area (Å²) in [5, 5.41) is 0. The van der Waals surface area contributed by atoms with Gasteiger partial charge in [-0.3, -0.25) is 4.72 Å². The minimum Gasteiger partial charge on any atom is -0.320 e. The van der Waals surface area contributed by atoms with Crippen LogP contribution in [0.3, 0.4) is 0 Å². The first-order chi connectivity index (χ1) is 10.0. The van der Waals surface area contributed by atoms with Crippen LogP contribution in [0, 0.1) is 17.7 Å². The van der Waals surface area contributed by atoms with Crippen LogP contribution < -0.4 is 10.5 Å². The third kappa shape index (κ3) is 3.81. The number of rotatable bonds is 3. The van der Waals surface area contributed by atoms with Crippen molar-refractivity contribution in [3.63, 3.8) is 0 Å². The topological polar surface area (TPSA) is 72.2 Å². The Balaban J connectivity index is 2.35. The Morgan fingerprint density at radius 3 is 2.43 bits per heavy atom. The highest BCUT2D eigenvalue weighted by Crippen LogP contribution is 2.19. The fourth-order valence-corrected chi connectivity index (χ4v) is 2.72. The van der Waals surface area contributed by atoms with Crippen LogP contribution in [0.15, 0.2) is 53.4 Å². The summed E-state index contributed by atoms with van der Waals surface area (Å²) in [4.78, 5) is -0.0227. The molecule has 2 aromatic carbocycles. The molecule has 0 aromatic heterocycles. The average Bonchev–Trinajstić information content (AvgIpc) is 2.46. The summed E-state index contributed by atoms with van der Waals surface area (Å²) in [5.74, 6) is 4.97. The number of hydrogen-bond donors (Lipinski definition) is 2. The molecule has 0 amide bonds. The van der Waals surface area contributed by atoms with Gasteiger partial charge in [-0.05, 0) is 36.4 Å². The summed E-state index contributed by atoms with van der Waals surface area (Å²) in [5.41, 5.74) is 6.18. The van der Waals surface area contributed by atoms with Crippen LogP contribution in [0.2, 0.25) is 0 Å². The van der Waals surface area contributed by atoms with E-state index in [2.05, 4.69) is 16.6 Å². The molecule has 0 aliphatic rings. The Hall–Kier alpha value is -2.36. The molecular weight excluding hydrogens is 291 g/mol. The number of anilines is 1. The third-order valence-corrected chi connectivity index (χ3v) is 4.00. The number of hydrogen-bond acceptors (Lipinski definition) is 3. The molecule has 0 heterocycles. The maximum absolute atomic E-state index is 12.9. The van der Waals surface area contributed by atoms with Crippen molar-refractivity contribution < 1.29 is 12.8 Å². The molecule has 0 unspecified atom stereocenters. The van der Waals surface area contributed by atoms with Crippen molar-refractivity contribution in [2.45, 2.75) is 4.90 Å². The monoisotopic (exact) mass is 304 g/mol. The van der Waals surface area contributed by atoms with E-state index in [1.807, 2.05) is 0 Å². The molecule has 0 atom stereocenters. The summed E-state index contributed by atoms with van der Waals surface area (Å²) in [6.07, 6.45) is 0. The SMILES string of the molecule is NCC#Cc1ccccc1NS(=O)(=O)c1ccc(F)cc1. The summed E-state index contributed by atoms with van der Waals surface area (Å²) >= 11 is 0. The Labute approximate surface area is 122 Å². The molecule has 6 heteroatoms. The van der Waals surface area contributed by atoms with Gasteiger partial charge in [-0.15, -0.1) is 0 Å². The van der Waals surface area contributed by atoms with E-state index in [9.17, 15) is 12.8 Å². The van der Waals surface area contributed by atoms with Gasteiger partial charge >= 0.3 is 0 Å². The number of nitrogens with two attached hydrogens (primary N) is 1. The van der Waals surface area contributed by atoms with E-state index in [4.69, 9.17) is 5.73 Å². The van der Waals surface area contributed by atoms with E-state index >= 15 is 0 Å². The van der Waals surface area contributed by atoms with Crippen molar-refractivity contribution in [2.24, 2.45) is 5.73 Å². The predicted octanol–water partition coefficient (Wildman–Crippen LogP) is 1.94. The molecule has 2 aromatic rings. The Morgan fingerprint density at radius 2 is 1.76 bits per heavy atom. The van der Waals surface area contributed by atoms with E-state index in [1.165, 1.54) is 12.1 Å². The molecule has 0 fully saturated rings. The van der Waals surface area contributed by atoms with Crippen molar-refractivity contribution in [1.29, 1.82) is 0 Å². The summed E-state index contributed by atoms with van der Waals surface area (Å²) in [6.45, 7) is 0.180. The third-order valence-electron chi connectivity index (χ3n) is 2.62. The van der Waals surface area contributed by atoms with Gasteiger partial charge in [0.05, 0.1) is 17.1 Å². The van der Waals surface area contributed by atoms with Crippen molar-refractivity contribution in [3.8, 4) is 11.8 Å². The van der Waals surface area contributed by atoms with Crippen LogP contribution in [0.1, 0.15) is 5.56 Å². The van der Waals surface area contributed by atoms with Crippen LogP contribution in [-0.2, 0) is 10.0 Å². The molecule has 0 aliphatic heterocycles. The minimum absolute atomic E-state index is 0.0227. The zero-order valence-corrected chi connectivity index (χ0v) is 11.8. The summed E-state index contributed by atoms with van der Waals surface area (Å²) < 4.78 is 39.8. The van der Waals surface area contributed by atoms with Gasteiger partial charge in [-0.25, -0.2) is 12.8 Å². The quantitative estimate of drug-likeness (QED) is 0.851. The first kappa shape index (κ1) is 15.0. The highest BCUT2D eigenvalue weighted by molar-refractivity contribution is 7.92. The lowest BCUT2D eigenvalue weighted by molar-refractivity contribution is 0.599. The van der Waals surface area contributed by atoms with Gasteiger partial charge in [0, 0.05) is 5.56 Å². The maximum Gasteiger partial charge on any atom is 0.261 e. The van der Waals surface area contributed by atoms with Gasteiger partial charge in [0.1, 0.15) is 5.82 Å². The Kier molecular flexibility index (Phi) is 4.58. The lowest BCUT2D eigenvalue weighted by atomic mass is 10.2. The molecule has 0 saturated carbocycles. The van der Waals surface area contributed by atoms with Crippen LogP contribution in [0.4, 0.5) is 10.1 Å². The van der Waals surface area contributed by atoms with Gasteiger partial charge in [0.2, 0.25) is 0 Å². The van der Waals surface area contributed by atoms with Gasteiger partial charge in [0.25, 0.3) is 10.0 Å². The number of benzene rings is 2. The molecule has 3 N–H and O–H groups in total. The second kappa shape index (κ2) is 6.39. The second-order valence-electron chi connectivity index (χ2n) is 4.11. The van der Waals surface area contributed by atoms with Crippen molar-refractivity contribution >= 4 is 15.7 Å². The smallest absolute Gasteiger partial charge is 0.261 e. The van der Waals surface area contributed by atoms with Gasteiger partial charge in [0.15, 0.2) is 0 Å². The summed E-state index contributed by atoms with van der Waals surface area (Å²) in [7, 11) is -3.79. The number of para-hydroxylation sites is 1. The lowest BCUT2D eigenvalue weighted by Gasteiger charge is -2.09. The molecular formula is C15H13FN2O2S. The first-order valence-electron chi connectivity index (χ1n) is 6.09. The minimum atomic E-state index is -3.79. The van der Waals surface area contributed by atoms with E-state index in [1.54, 1.807) is 24.3 Å². The normalized spacial score (nSPS) is 10.6. The van der Waals surface area contributed by atoms with Crippen LogP contribution in [-0.4, -0.2) is 15.0 Å². The van der Waals surface area contributed by atoms with Crippen molar-refractivity contribution in [2.75, 3.05) is 11.3 Å². The Morgan fingerprint density at radius 1 is 1.10 bits per heavy atom. The zero-order chi connectivity index (χ0) is 15.3. The highest BCUT2D eigenvalue weighted by atomic mass is 32.2. The fourth-order valence-electron chi connectivity index (χ4n) is 1.64. The van der Waals surface area contributed by atoms with E-state index in [-0.39, 0.29) is 11.4 Å². The van der Waals surface area contributed by atoms with Gasteiger partial charge < -0.3 is 5.73 Å². The average molecular weight is 304 g/mol. The number of halogens is 1. The largest absolute Gasteiger partial charge is 0.320 e. The number of nitrogens with one attached hydrogen (secondary N) is 1. The lowest BCUT2D eigenvalue weighted by Crippen LogP contribution is -2.13. The molecule has 21 heavy (non-hydrogen) atoms. The molecule has 0 saturated heterocycles. The molecule has 0 bridgehead atoms. The molecule has 4 nitrogen and oxygen atoms in total. The first-order valence-corrected chi connectivity index (χ1v) is 7.57. The van der Waals surface area contributed by atoms with Crippen LogP contribution in [0.25, 0.3) is 0 Å². The van der Waals surface area contributed by atoms with Crippen LogP contribution >= 0.6 is 0 Å². The molecule has 108 valence electrons. The standard InChI is InChI=1S/C15H13FN2O2S/c16-13-7-9-14(10-8-13)21(19,20)18-15-6-2-1-4-12(15)5-3-11-17/h1-2,4,6-10,18H,11,17H2. The van der Waals surface area contributed by atoms with E-state index < -0.39 is 15.8 Å². The van der Waals surface area contributed by atoms with Crippen LogP contribution in [0.5, 0.6) is 0 Å². The van der Waals surface area contributed by atoms with E-state index in [0.717, 1.165) is 12.1 Å².